The summed E-state index contributed by atoms with van der Waals surface area (Å²) in [6.07, 6.45) is 0.239. The number of aromatic nitrogens is 2. The van der Waals surface area contributed by atoms with E-state index in [1.165, 1.54) is 0 Å². The molecule has 0 unspecified atom stereocenters. The minimum Gasteiger partial charge on any atom is -0.352 e. The molecule has 1 aromatic heterocycles. The van der Waals surface area contributed by atoms with Crippen molar-refractivity contribution in [2.24, 2.45) is 0 Å². The Morgan fingerprint density at radius 1 is 1.06 bits per heavy atom. The quantitative estimate of drug-likeness (QED) is 0.544. The molecule has 0 aliphatic rings. The van der Waals surface area contributed by atoms with Crippen LogP contribution >= 0.6 is 15.9 Å². The average molecular weight is 483 g/mol. The molecule has 1 heterocycles. The first-order chi connectivity index (χ1) is 14.8. The smallest absolute Gasteiger partial charge is 0.251 e. The maximum atomic E-state index is 12.6. The molecule has 0 radical (unpaired) electrons. The number of rotatable bonds is 7. The van der Waals surface area contributed by atoms with Crippen molar-refractivity contribution in [2.75, 3.05) is 13.6 Å². The Balaban J connectivity index is 1.59. The van der Waals surface area contributed by atoms with Crippen molar-refractivity contribution < 1.29 is 9.59 Å². The Labute approximate surface area is 191 Å². The topological polar surface area (TPSA) is 67.2 Å². The Morgan fingerprint density at radius 2 is 1.74 bits per heavy atom. The summed E-state index contributed by atoms with van der Waals surface area (Å²) in [5, 5.41) is 7.50. The molecule has 162 valence electrons. The van der Waals surface area contributed by atoms with Gasteiger partial charge in [-0.3, -0.25) is 9.59 Å². The van der Waals surface area contributed by atoms with Crippen LogP contribution in [-0.2, 0) is 11.3 Å². The van der Waals surface area contributed by atoms with E-state index < -0.39 is 0 Å². The number of amides is 2. The lowest BCUT2D eigenvalue weighted by atomic mass is 10.1. The molecule has 6 nitrogen and oxygen atoms in total. The molecule has 0 atom stereocenters. The van der Waals surface area contributed by atoms with Gasteiger partial charge in [-0.05, 0) is 56.7 Å². The van der Waals surface area contributed by atoms with Gasteiger partial charge in [-0.25, -0.2) is 4.68 Å². The fraction of sp³-hybridized carbons (Fsp3) is 0.292. The normalized spacial score (nSPS) is 10.7. The number of carbonyl (C=O) groups is 2. The molecule has 0 saturated heterocycles. The summed E-state index contributed by atoms with van der Waals surface area (Å²) in [7, 11) is 1.78. The summed E-state index contributed by atoms with van der Waals surface area (Å²) in [5.74, 6) is -0.215. The Kier molecular flexibility index (Phi) is 7.28. The Morgan fingerprint density at radius 3 is 2.42 bits per heavy atom. The van der Waals surface area contributed by atoms with Gasteiger partial charge in [-0.2, -0.15) is 5.10 Å². The number of halogens is 1. The van der Waals surface area contributed by atoms with Crippen molar-refractivity contribution >= 4 is 27.7 Å². The van der Waals surface area contributed by atoms with Crippen molar-refractivity contribution in [3.63, 3.8) is 0 Å². The van der Waals surface area contributed by atoms with Crippen LogP contribution in [0.4, 0.5) is 0 Å². The molecule has 7 heteroatoms. The number of carbonyl (C=O) groups excluding carboxylic acids is 2. The van der Waals surface area contributed by atoms with Crippen LogP contribution < -0.4 is 5.32 Å². The van der Waals surface area contributed by atoms with E-state index in [1.54, 1.807) is 24.1 Å². The molecule has 0 saturated carbocycles. The summed E-state index contributed by atoms with van der Waals surface area (Å²) >= 11 is 3.35. The van der Waals surface area contributed by atoms with E-state index in [0.717, 1.165) is 32.7 Å². The van der Waals surface area contributed by atoms with Gasteiger partial charge in [0.05, 0.1) is 11.4 Å². The van der Waals surface area contributed by atoms with E-state index in [0.29, 0.717) is 18.7 Å². The molecule has 3 rings (SSSR count). The van der Waals surface area contributed by atoms with Gasteiger partial charge in [-0.15, -0.1) is 0 Å². The molecular formula is C24H27BrN4O2. The third-order valence-corrected chi connectivity index (χ3v) is 5.87. The highest BCUT2D eigenvalue weighted by Gasteiger charge is 2.18. The minimum atomic E-state index is -0.186. The lowest BCUT2D eigenvalue weighted by Crippen LogP contribution is -2.32. The van der Waals surface area contributed by atoms with E-state index in [-0.39, 0.29) is 18.2 Å². The molecule has 2 aromatic carbocycles. The van der Waals surface area contributed by atoms with Crippen LogP contribution in [0.2, 0.25) is 0 Å². The molecule has 0 aliphatic carbocycles. The molecular weight excluding hydrogens is 456 g/mol. The zero-order chi connectivity index (χ0) is 22.5. The fourth-order valence-corrected chi connectivity index (χ4v) is 3.71. The lowest BCUT2D eigenvalue weighted by molar-refractivity contribution is -0.130. The van der Waals surface area contributed by atoms with Crippen LogP contribution in [0.5, 0.6) is 0 Å². The second-order valence-corrected chi connectivity index (χ2v) is 8.53. The van der Waals surface area contributed by atoms with Crippen LogP contribution in [0.15, 0.2) is 53.0 Å². The number of benzene rings is 2. The van der Waals surface area contributed by atoms with Gasteiger partial charge in [-0.1, -0.05) is 34.1 Å². The Bertz CT molecular complexity index is 1090. The highest BCUT2D eigenvalue weighted by molar-refractivity contribution is 9.10. The van der Waals surface area contributed by atoms with Crippen LogP contribution in [0, 0.1) is 20.8 Å². The highest BCUT2D eigenvalue weighted by Crippen LogP contribution is 2.21. The third-order valence-electron chi connectivity index (χ3n) is 5.34. The van der Waals surface area contributed by atoms with Gasteiger partial charge < -0.3 is 10.2 Å². The number of hydrogen-bond donors (Lipinski definition) is 1. The van der Waals surface area contributed by atoms with Crippen molar-refractivity contribution in [2.45, 2.75) is 33.7 Å². The Hall–Kier alpha value is -2.93. The average Bonchev–Trinajstić information content (AvgIpc) is 3.02. The predicted octanol–water partition coefficient (Wildman–Crippen LogP) is 4.34. The molecule has 2 amide bonds. The van der Waals surface area contributed by atoms with Crippen molar-refractivity contribution in [3.8, 4) is 5.69 Å². The molecule has 3 aromatic rings. The first-order valence-corrected chi connectivity index (χ1v) is 11.0. The number of nitrogens with zero attached hydrogens (tertiary/aromatic N) is 3. The number of para-hydroxylation sites is 1. The first kappa shape index (κ1) is 22.7. The van der Waals surface area contributed by atoms with Crippen LogP contribution in [0.3, 0.4) is 0 Å². The predicted molar refractivity (Wildman–Crippen MR) is 125 cm³/mol. The maximum absolute atomic E-state index is 12.6. The van der Waals surface area contributed by atoms with Gasteiger partial charge >= 0.3 is 0 Å². The molecule has 0 bridgehead atoms. The van der Waals surface area contributed by atoms with E-state index in [4.69, 9.17) is 5.10 Å². The number of nitrogens with one attached hydrogen (secondary N) is 1. The summed E-state index contributed by atoms with van der Waals surface area (Å²) < 4.78 is 2.86. The summed E-state index contributed by atoms with van der Waals surface area (Å²) in [6, 6.07) is 15.2. The van der Waals surface area contributed by atoms with Crippen LogP contribution in [0.25, 0.3) is 5.69 Å². The maximum Gasteiger partial charge on any atom is 0.251 e. The zero-order valence-corrected chi connectivity index (χ0v) is 19.9. The first-order valence-electron chi connectivity index (χ1n) is 10.2. The highest BCUT2D eigenvalue weighted by atomic mass is 79.9. The van der Waals surface area contributed by atoms with Gasteiger partial charge in [0.25, 0.3) is 5.91 Å². The number of hydrogen-bond acceptors (Lipinski definition) is 3. The fourth-order valence-electron chi connectivity index (χ4n) is 3.44. The van der Waals surface area contributed by atoms with Gasteiger partial charge in [0.15, 0.2) is 0 Å². The molecule has 1 N–H and O–H groups in total. The summed E-state index contributed by atoms with van der Waals surface area (Å²) in [4.78, 5) is 26.5. The van der Waals surface area contributed by atoms with Crippen molar-refractivity contribution in [3.05, 3.63) is 81.1 Å². The zero-order valence-electron chi connectivity index (χ0n) is 18.3. The summed E-state index contributed by atoms with van der Waals surface area (Å²) in [6.45, 7) is 6.82. The van der Waals surface area contributed by atoms with Crippen LogP contribution in [0.1, 0.15) is 39.3 Å². The van der Waals surface area contributed by atoms with E-state index >= 15 is 0 Å². The standard InChI is InChI=1S/C24H27BrN4O2/c1-16-7-5-6-8-22(16)29-18(3)21(17(2)27-29)15-28(4)23(30)13-14-26-24(31)19-9-11-20(25)12-10-19/h5-12H,13-15H2,1-4H3,(H,26,31). The largest absolute Gasteiger partial charge is 0.352 e. The van der Waals surface area contributed by atoms with Gasteiger partial charge in [0.2, 0.25) is 5.91 Å². The van der Waals surface area contributed by atoms with E-state index in [1.807, 2.05) is 48.9 Å². The third kappa shape index (κ3) is 5.41. The second kappa shape index (κ2) is 9.92. The van der Waals surface area contributed by atoms with E-state index in [2.05, 4.69) is 34.2 Å². The molecule has 0 fully saturated rings. The van der Waals surface area contributed by atoms with Gasteiger partial charge in [0.1, 0.15) is 0 Å². The van der Waals surface area contributed by atoms with E-state index in [9.17, 15) is 9.59 Å². The molecule has 31 heavy (non-hydrogen) atoms. The van der Waals surface area contributed by atoms with Gasteiger partial charge in [0, 0.05) is 47.9 Å². The summed E-state index contributed by atoms with van der Waals surface area (Å²) in [5.41, 5.74) is 5.72. The van der Waals surface area contributed by atoms with Crippen molar-refractivity contribution in [1.82, 2.24) is 20.0 Å². The van der Waals surface area contributed by atoms with Crippen molar-refractivity contribution in [1.29, 1.82) is 0 Å². The lowest BCUT2D eigenvalue weighted by Gasteiger charge is -2.18. The number of aryl methyl sites for hydroxylation is 2. The second-order valence-electron chi connectivity index (χ2n) is 7.61. The molecule has 0 aliphatic heterocycles. The minimum absolute atomic E-state index is 0.0291. The SMILES string of the molecule is Cc1ccccc1-n1nc(C)c(CN(C)C(=O)CCNC(=O)c2ccc(Br)cc2)c1C. The molecule has 0 spiro atoms. The monoisotopic (exact) mass is 482 g/mol. The van der Waals surface area contributed by atoms with Crippen LogP contribution in [-0.4, -0.2) is 40.1 Å².